The lowest BCUT2D eigenvalue weighted by molar-refractivity contribution is -0.138. The number of anilines is 4. The Morgan fingerprint density at radius 1 is 1.29 bits per heavy atom. The van der Waals surface area contributed by atoms with Crippen LogP contribution < -0.4 is 26.8 Å². The average Bonchev–Trinajstić information content (AvgIpc) is 3.31. The van der Waals surface area contributed by atoms with Gasteiger partial charge in [0.05, 0.1) is 18.4 Å². The second kappa shape index (κ2) is 10.1. The highest BCUT2D eigenvalue weighted by Crippen LogP contribution is 2.30. The quantitative estimate of drug-likeness (QED) is 0.175. The first kappa shape index (κ1) is 24.1. The summed E-state index contributed by atoms with van der Waals surface area (Å²) in [5.41, 5.74) is 0.406. The second-order valence-corrected chi connectivity index (χ2v) is 8.90. The van der Waals surface area contributed by atoms with Crippen LogP contribution in [-0.4, -0.2) is 74.7 Å². The SMILES string of the molecule is Cc1cccc(O)c1NC(=O)c1cnc(N(N)c2cc(N3CCN(CC(=O)O)CC3)nc(=O)[nH]2)s1. The number of carboxylic acid groups (broad SMARTS) is 1. The van der Waals surface area contributed by atoms with Crippen LogP contribution in [0.1, 0.15) is 15.2 Å². The molecule has 0 unspecified atom stereocenters. The highest BCUT2D eigenvalue weighted by Gasteiger charge is 2.22. The predicted molar refractivity (Wildman–Crippen MR) is 130 cm³/mol. The molecule has 1 fully saturated rings. The van der Waals surface area contributed by atoms with Gasteiger partial charge in [0, 0.05) is 32.2 Å². The van der Waals surface area contributed by atoms with E-state index in [1.54, 1.807) is 30.0 Å². The molecule has 13 nitrogen and oxygen atoms in total. The molecule has 1 aromatic carbocycles. The zero-order chi connectivity index (χ0) is 25.1. The molecule has 0 spiro atoms. The molecule has 0 radical (unpaired) electrons. The number of carbonyl (C=O) groups is 2. The molecular formula is C21H24N8O5S. The van der Waals surface area contributed by atoms with E-state index in [2.05, 4.69) is 20.3 Å². The molecular weight excluding hydrogens is 476 g/mol. The molecule has 0 aliphatic carbocycles. The zero-order valence-electron chi connectivity index (χ0n) is 18.8. The summed E-state index contributed by atoms with van der Waals surface area (Å²) in [4.78, 5) is 50.5. The van der Waals surface area contributed by atoms with E-state index in [0.717, 1.165) is 16.3 Å². The Labute approximate surface area is 203 Å². The summed E-state index contributed by atoms with van der Waals surface area (Å²) in [5, 5.41) is 23.0. The number of nitrogens with one attached hydrogen (secondary N) is 2. The van der Waals surface area contributed by atoms with Crippen LogP contribution in [0.5, 0.6) is 5.75 Å². The normalized spacial score (nSPS) is 14.1. The number of benzene rings is 1. The molecule has 2 aromatic heterocycles. The van der Waals surface area contributed by atoms with Crippen molar-refractivity contribution in [1.29, 1.82) is 0 Å². The van der Waals surface area contributed by atoms with Crippen molar-refractivity contribution in [3.63, 3.8) is 0 Å². The van der Waals surface area contributed by atoms with Gasteiger partial charge in [0.1, 0.15) is 22.3 Å². The van der Waals surface area contributed by atoms with Gasteiger partial charge in [-0.2, -0.15) is 4.98 Å². The van der Waals surface area contributed by atoms with E-state index in [1.807, 2.05) is 4.90 Å². The number of thiazole rings is 1. The van der Waals surface area contributed by atoms with Crippen LogP contribution in [0.15, 0.2) is 35.3 Å². The first-order chi connectivity index (χ1) is 16.7. The molecule has 4 rings (SSSR count). The maximum Gasteiger partial charge on any atom is 0.348 e. The summed E-state index contributed by atoms with van der Waals surface area (Å²) in [6, 6.07) is 6.52. The van der Waals surface area contributed by atoms with Crippen molar-refractivity contribution in [3.05, 3.63) is 51.4 Å². The van der Waals surface area contributed by atoms with Gasteiger partial charge in [0.15, 0.2) is 0 Å². The van der Waals surface area contributed by atoms with E-state index < -0.39 is 17.6 Å². The van der Waals surface area contributed by atoms with Gasteiger partial charge >= 0.3 is 11.7 Å². The summed E-state index contributed by atoms with van der Waals surface area (Å²) in [6.45, 7) is 3.76. The Kier molecular flexibility index (Phi) is 6.95. The van der Waals surface area contributed by atoms with E-state index in [1.165, 1.54) is 12.3 Å². The van der Waals surface area contributed by atoms with Crippen LogP contribution >= 0.6 is 11.3 Å². The third-order valence-electron chi connectivity index (χ3n) is 5.44. The minimum Gasteiger partial charge on any atom is -0.506 e. The number of amides is 1. The Morgan fingerprint density at radius 3 is 2.71 bits per heavy atom. The lowest BCUT2D eigenvalue weighted by Gasteiger charge is -2.34. The number of nitrogens with zero attached hydrogens (tertiary/aromatic N) is 5. The summed E-state index contributed by atoms with van der Waals surface area (Å²) < 4.78 is 0. The third-order valence-corrected chi connectivity index (χ3v) is 6.44. The number of phenolic OH excluding ortho intramolecular Hbond substituents is 1. The minimum atomic E-state index is -0.888. The molecule has 3 aromatic rings. The molecule has 0 atom stereocenters. The number of carboxylic acids is 1. The van der Waals surface area contributed by atoms with Gasteiger partial charge in [-0.25, -0.2) is 20.6 Å². The number of phenols is 1. The number of aromatic amines is 1. The maximum atomic E-state index is 12.7. The van der Waals surface area contributed by atoms with Crippen molar-refractivity contribution in [1.82, 2.24) is 19.9 Å². The number of hydrazine groups is 1. The van der Waals surface area contributed by atoms with Crippen LogP contribution in [0.4, 0.5) is 22.5 Å². The number of nitrogens with two attached hydrogens (primary N) is 1. The number of aryl methyl sites for hydroxylation is 1. The van der Waals surface area contributed by atoms with Crippen molar-refractivity contribution in [2.24, 2.45) is 5.84 Å². The molecule has 1 aliphatic rings. The van der Waals surface area contributed by atoms with Crippen molar-refractivity contribution in [3.8, 4) is 5.75 Å². The molecule has 1 aliphatic heterocycles. The number of piperazine rings is 1. The van der Waals surface area contributed by atoms with Gasteiger partial charge in [-0.05, 0) is 18.6 Å². The van der Waals surface area contributed by atoms with Gasteiger partial charge in [-0.15, -0.1) is 0 Å². The number of aromatic nitrogens is 3. The number of rotatable bonds is 7. The van der Waals surface area contributed by atoms with Crippen molar-refractivity contribution < 1.29 is 19.8 Å². The van der Waals surface area contributed by atoms with Gasteiger partial charge in [0.25, 0.3) is 5.91 Å². The van der Waals surface area contributed by atoms with Crippen molar-refractivity contribution in [2.45, 2.75) is 6.92 Å². The summed E-state index contributed by atoms with van der Waals surface area (Å²) in [5.74, 6) is 5.43. The second-order valence-electron chi connectivity index (χ2n) is 7.89. The largest absolute Gasteiger partial charge is 0.506 e. The van der Waals surface area contributed by atoms with E-state index in [4.69, 9.17) is 10.9 Å². The van der Waals surface area contributed by atoms with Crippen LogP contribution in [0.2, 0.25) is 0 Å². The predicted octanol–water partition coefficient (Wildman–Crippen LogP) is 0.711. The van der Waals surface area contributed by atoms with Gasteiger partial charge < -0.3 is 20.4 Å². The zero-order valence-corrected chi connectivity index (χ0v) is 19.6. The highest BCUT2D eigenvalue weighted by atomic mass is 32.1. The number of aliphatic carboxylic acids is 1. The molecule has 3 heterocycles. The summed E-state index contributed by atoms with van der Waals surface area (Å²) in [6.07, 6.45) is 1.35. The fraction of sp³-hybridized carbons (Fsp3) is 0.286. The first-order valence-corrected chi connectivity index (χ1v) is 11.4. The lowest BCUT2D eigenvalue weighted by atomic mass is 10.2. The van der Waals surface area contributed by atoms with Crippen LogP contribution in [0.25, 0.3) is 0 Å². The molecule has 0 saturated carbocycles. The Hall–Kier alpha value is -4.01. The smallest absolute Gasteiger partial charge is 0.348 e. The molecule has 1 amide bonds. The molecule has 0 bridgehead atoms. The number of carbonyl (C=O) groups excluding carboxylic acids is 1. The molecule has 6 N–H and O–H groups in total. The van der Waals surface area contributed by atoms with Gasteiger partial charge in [0.2, 0.25) is 5.13 Å². The standard InChI is InChI=1S/C21H24N8O5S/c1-12-3-2-4-13(30)18(12)26-19(33)14-10-23-21(35-14)29(22)16-9-15(24-20(34)25-16)28-7-5-27(6-8-28)11-17(31)32/h2-4,9-10,30H,5-8,11,22H2,1H3,(H,26,33)(H,31,32)(H,24,25,34). The lowest BCUT2D eigenvalue weighted by Crippen LogP contribution is -2.48. The number of aromatic hydroxyl groups is 1. The van der Waals surface area contributed by atoms with E-state index in [9.17, 15) is 19.5 Å². The Bertz CT molecular complexity index is 1280. The molecule has 184 valence electrons. The average molecular weight is 501 g/mol. The molecule has 1 saturated heterocycles. The Morgan fingerprint density at radius 2 is 2.03 bits per heavy atom. The summed E-state index contributed by atoms with van der Waals surface area (Å²) >= 11 is 1.01. The number of hydrogen-bond donors (Lipinski definition) is 5. The minimum absolute atomic E-state index is 0.0398. The third kappa shape index (κ3) is 5.56. The molecule has 14 heteroatoms. The van der Waals surface area contributed by atoms with Crippen LogP contribution in [0, 0.1) is 6.92 Å². The Balaban J connectivity index is 1.48. The fourth-order valence-electron chi connectivity index (χ4n) is 3.62. The van der Waals surface area contributed by atoms with Gasteiger partial charge in [-0.1, -0.05) is 23.5 Å². The topological polar surface area (TPSA) is 181 Å². The van der Waals surface area contributed by atoms with E-state index in [0.29, 0.717) is 43.2 Å². The number of H-pyrrole nitrogens is 1. The summed E-state index contributed by atoms with van der Waals surface area (Å²) in [7, 11) is 0. The van der Waals surface area contributed by atoms with E-state index in [-0.39, 0.29) is 28.1 Å². The maximum absolute atomic E-state index is 12.7. The van der Waals surface area contributed by atoms with E-state index >= 15 is 0 Å². The number of hydrogen-bond acceptors (Lipinski definition) is 11. The van der Waals surface area contributed by atoms with Crippen molar-refractivity contribution >= 4 is 45.7 Å². The highest BCUT2D eigenvalue weighted by molar-refractivity contribution is 7.17. The number of para-hydroxylation sites is 1. The first-order valence-electron chi connectivity index (χ1n) is 10.6. The van der Waals surface area contributed by atoms with Crippen LogP contribution in [-0.2, 0) is 4.79 Å². The fourth-order valence-corrected chi connectivity index (χ4v) is 4.37. The molecule has 35 heavy (non-hydrogen) atoms. The van der Waals surface area contributed by atoms with Crippen molar-refractivity contribution in [2.75, 3.05) is 47.9 Å². The van der Waals surface area contributed by atoms with Gasteiger partial charge in [-0.3, -0.25) is 19.5 Å². The monoisotopic (exact) mass is 500 g/mol. The van der Waals surface area contributed by atoms with Crippen LogP contribution in [0.3, 0.4) is 0 Å².